The number of ether oxygens (including phenoxy) is 1. The van der Waals surface area contributed by atoms with Gasteiger partial charge in [-0.15, -0.1) is 0 Å². The van der Waals surface area contributed by atoms with Crippen LogP contribution in [-0.2, 0) is 11.3 Å². The second-order valence-electron chi connectivity index (χ2n) is 8.36. The summed E-state index contributed by atoms with van der Waals surface area (Å²) in [6.45, 7) is 0.809. The van der Waals surface area contributed by atoms with E-state index in [1.165, 1.54) is 24.5 Å². The van der Waals surface area contributed by atoms with Gasteiger partial charge in [0.2, 0.25) is 5.95 Å². The fraction of sp³-hybridized carbons (Fsp3) is 0.500. The van der Waals surface area contributed by atoms with Crippen molar-refractivity contribution < 1.29 is 22.7 Å². The number of hydrogen-bond acceptors (Lipinski definition) is 7. The Morgan fingerprint density at radius 2 is 2.19 bits per heavy atom. The van der Waals surface area contributed by atoms with Crippen LogP contribution in [0, 0.1) is 0 Å². The van der Waals surface area contributed by atoms with E-state index in [2.05, 4.69) is 9.97 Å². The molecule has 164 valence electrons. The highest BCUT2D eigenvalue weighted by Crippen LogP contribution is 2.43. The topological polar surface area (TPSA) is 80.6 Å². The van der Waals surface area contributed by atoms with Gasteiger partial charge >= 0.3 is 6.18 Å². The molecule has 3 aliphatic heterocycles. The number of hydrogen-bond donors (Lipinski definition) is 0. The van der Waals surface area contributed by atoms with E-state index in [4.69, 9.17) is 4.74 Å². The van der Waals surface area contributed by atoms with Gasteiger partial charge in [-0.2, -0.15) is 18.2 Å². The van der Waals surface area contributed by atoms with Gasteiger partial charge in [0.15, 0.2) is 11.3 Å². The lowest BCUT2D eigenvalue weighted by atomic mass is 10.00. The van der Waals surface area contributed by atoms with Crippen LogP contribution in [0.3, 0.4) is 0 Å². The first kappa shape index (κ1) is 20.0. The molecule has 3 atom stereocenters. The van der Waals surface area contributed by atoms with Gasteiger partial charge in [-0.25, -0.2) is 0 Å². The molecule has 0 aliphatic carbocycles. The first-order valence-electron chi connectivity index (χ1n) is 9.95. The fourth-order valence-electron chi connectivity index (χ4n) is 4.53. The standard InChI is InChI=1S/C20H20F3N5O3/c1-19(20(21,22)23)11-27-17(30)6-16(26-8-14-5-13(26)10-31-14)25-18(27)28(19)9-15(29)12-3-2-4-24-7-12/h2-4,6-7,13-14H,5,8-11H2,1H3/t13-,14+,19?/m1/s1. The Balaban J connectivity index is 1.56. The molecule has 5 heterocycles. The fourth-order valence-corrected chi connectivity index (χ4v) is 4.53. The first-order valence-corrected chi connectivity index (χ1v) is 9.95. The van der Waals surface area contributed by atoms with Crippen LogP contribution in [-0.4, -0.2) is 63.9 Å². The van der Waals surface area contributed by atoms with Crippen LogP contribution in [0.25, 0.3) is 0 Å². The summed E-state index contributed by atoms with van der Waals surface area (Å²) in [6, 6.07) is 4.35. The zero-order valence-electron chi connectivity index (χ0n) is 16.7. The molecule has 3 aliphatic rings. The summed E-state index contributed by atoms with van der Waals surface area (Å²) < 4.78 is 49.0. The van der Waals surface area contributed by atoms with E-state index in [0.29, 0.717) is 19.0 Å². The third-order valence-corrected chi connectivity index (χ3v) is 6.37. The zero-order chi connectivity index (χ0) is 22.0. The number of ketones is 1. The number of carbonyl (C=O) groups excluding carboxylic acids is 1. The Kier molecular flexibility index (Phi) is 4.37. The minimum atomic E-state index is -4.69. The smallest absolute Gasteiger partial charge is 0.374 e. The van der Waals surface area contributed by atoms with Crippen LogP contribution in [0.1, 0.15) is 23.7 Å². The first-order chi connectivity index (χ1) is 14.7. The van der Waals surface area contributed by atoms with Crippen molar-refractivity contribution in [3.05, 3.63) is 46.5 Å². The van der Waals surface area contributed by atoms with E-state index in [0.717, 1.165) is 22.8 Å². The van der Waals surface area contributed by atoms with Crippen LogP contribution >= 0.6 is 0 Å². The maximum atomic E-state index is 14.1. The molecular weight excluding hydrogens is 415 g/mol. The number of alkyl halides is 3. The number of halogens is 3. The lowest BCUT2D eigenvalue weighted by Gasteiger charge is -2.36. The van der Waals surface area contributed by atoms with E-state index < -0.39 is 36.1 Å². The quantitative estimate of drug-likeness (QED) is 0.676. The summed E-state index contributed by atoms with van der Waals surface area (Å²) >= 11 is 0. The number of fused-ring (bicyclic) bond motifs is 3. The third-order valence-electron chi connectivity index (χ3n) is 6.37. The van der Waals surface area contributed by atoms with Crippen molar-refractivity contribution >= 4 is 17.5 Å². The molecule has 8 nitrogen and oxygen atoms in total. The summed E-state index contributed by atoms with van der Waals surface area (Å²) in [5.41, 5.74) is -2.83. The predicted octanol–water partition coefficient (Wildman–Crippen LogP) is 1.64. The highest BCUT2D eigenvalue weighted by molar-refractivity contribution is 5.99. The number of Topliss-reactive ketones (excluding diaryl/α,β-unsaturated/α-hetero) is 1. The molecule has 2 bridgehead atoms. The molecule has 0 amide bonds. The monoisotopic (exact) mass is 435 g/mol. The third kappa shape index (κ3) is 3.10. The molecule has 2 aromatic heterocycles. The molecule has 1 unspecified atom stereocenters. The van der Waals surface area contributed by atoms with Crippen molar-refractivity contribution in [3.63, 3.8) is 0 Å². The molecule has 2 fully saturated rings. The SMILES string of the molecule is CC1(C(F)(F)F)Cn2c(nc(N3C[C@@H]4C[C@@H]3CO4)cc2=O)N1CC(=O)c1cccnc1. The Morgan fingerprint density at radius 1 is 1.39 bits per heavy atom. The average molecular weight is 435 g/mol. The Hall–Kier alpha value is -2.95. The van der Waals surface area contributed by atoms with Gasteiger partial charge in [0, 0.05) is 30.6 Å². The second-order valence-corrected chi connectivity index (χ2v) is 8.36. The summed E-state index contributed by atoms with van der Waals surface area (Å²) in [5.74, 6) is -0.370. The molecule has 0 radical (unpaired) electrons. The highest BCUT2D eigenvalue weighted by Gasteiger charge is 2.60. The van der Waals surface area contributed by atoms with E-state index in [1.807, 2.05) is 4.90 Å². The summed E-state index contributed by atoms with van der Waals surface area (Å²) in [4.78, 5) is 36.7. The van der Waals surface area contributed by atoms with Crippen LogP contribution in [0.15, 0.2) is 35.4 Å². The summed E-state index contributed by atoms with van der Waals surface area (Å²) in [5, 5.41) is 0. The van der Waals surface area contributed by atoms with Crippen LogP contribution in [0.2, 0.25) is 0 Å². The summed E-state index contributed by atoms with van der Waals surface area (Å²) in [7, 11) is 0. The second kappa shape index (κ2) is 6.78. The van der Waals surface area contributed by atoms with Crippen molar-refractivity contribution in [2.75, 3.05) is 29.5 Å². The maximum absolute atomic E-state index is 14.1. The Bertz CT molecular complexity index is 1090. The number of morpholine rings is 1. The van der Waals surface area contributed by atoms with Crippen LogP contribution in [0.5, 0.6) is 0 Å². The Morgan fingerprint density at radius 3 is 2.81 bits per heavy atom. The molecule has 2 saturated heterocycles. The van der Waals surface area contributed by atoms with Crippen molar-refractivity contribution in [3.8, 4) is 0 Å². The van der Waals surface area contributed by atoms with E-state index >= 15 is 0 Å². The lowest BCUT2D eigenvalue weighted by molar-refractivity contribution is -0.181. The molecule has 2 aromatic rings. The average Bonchev–Trinajstić information content (AvgIpc) is 3.43. The van der Waals surface area contributed by atoms with Crippen molar-refractivity contribution in [1.29, 1.82) is 0 Å². The van der Waals surface area contributed by atoms with Crippen LogP contribution < -0.4 is 15.4 Å². The maximum Gasteiger partial charge on any atom is 0.413 e. The van der Waals surface area contributed by atoms with Gasteiger partial charge in [0.05, 0.1) is 31.8 Å². The number of carbonyl (C=O) groups is 1. The minimum Gasteiger partial charge on any atom is -0.374 e. The number of pyridine rings is 1. The summed E-state index contributed by atoms with van der Waals surface area (Å²) in [6.07, 6.45) is -1.08. The van der Waals surface area contributed by atoms with E-state index in [9.17, 15) is 22.8 Å². The van der Waals surface area contributed by atoms with E-state index in [1.54, 1.807) is 6.07 Å². The molecule has 0 aromatic carbocycles. The molecule has 11 heteroatoms. The van der Waals surface area contributed by atoms with Gasteiger partial charge in [-0.05, 0) is 25.5 Å². The van der Waals surface area contributed by atoms with E-state index in [-0.39, 0.29) is 23.7 Å². The number of anilines is 2. The van der Waals surface area contributed by atoms with Gasteiger partial charge in [-0.1, -0.05) is 0 Å². The van der Waals surface area contributed by atoms with Crippen LogP contribution in [0.4, 0.5) is 24.9 Å². The van der Waals surface area contributed by atoms with Crippen molar-refractivity contribution in [1.82, 2.24) is 14.5 Å². The minimum absolute atomic E-state index is 0.0338. The van der Waals surface area contributed by atoms with Gasteiger partial charge in [-0.3, -0.25) is 19.1 Å². The molecule has 0 spiro atoms. The number of rotatable bonds is 4. The van der Waals surface area contributed by atoms with Crippen molar-refractivity contribution in [2.45, 2.75) is 43.8 Å². The van der Waals surface area contributed by atoms with Gasteiger partial charge in [0.25, 0.3) is 5.56 Å². The lowest BCUT2D eigenvalue weighted by Crippen LogP contribution is -2.57. The largest absolute Gasteiger partial charge is 0.413 e. The number of nitrogens with zero attached hydrogens (tertiary/aromatic N) is 5. The Labute approximate surface area is 175 Å². The molecule has 31 heavy (non-hydrogen) atoms. The molecular formula is C20H20F3N5O3. The van der Waals surface area contributed by atoms with Gasteiger partial charge in [0.1, 0.15) is 5.82 Å². The van der Waals surface area contributed by atoms with Crippen molar-refractivity contribution in [2.24, 2.45) is 0 Å². The van der Waals surface area contributed by atoms with Gasteiger partial charge < -0.3 is 14.5 Å². The number of aromatic nitrogens is 3. The highest BCUT2D eigenvalue weighted by atomic mass is 19.4. The normalized spacial score (nSPS) is 27.1. The zero-order valence-corrected chi connectivity index (χ0v) is 16.7. The molecule has 0 saturated carbocycles. The molecule has 5 rings (SSSR count). The predicted molar refractivity (Wildman–Crippen MR) is 104 cm³/mol. The molecule has 0 N–H and O–H groups in total.